The van der Waals surface area contributed by atoms with E-state index in [4.69, 9.17) is 27.9 Å². The van der Waals surface area contributed by atoms with Gasteiger partial charge < -0.3 is 10.1 Å². The van der Waals surface area contributed by atoms with Crippen molar-refractivity contribution in [2.45, 2.75) is 18.4 Å². The first-order valence-corrected chi connectivity index (χ1v) is 8.66. The fraction of sp³-hybridized carbons (Fsp3) is 0.538. The molecule has 0 bridgehead atoms. The molecule has 0 aromatic heterocycles. The quantitative estimate of drug-likeness (QED) is 0.751. The van der Waals surface area contributed by atoms with Crippen LogP contribution in [0, 0.1) is 5.92 Å². The predicted octanol–water partition coefficient (Wildman–Crippen LogP) is 2.27. The van der Waals surface area contributed by atoms with Crippen LogP contribution in [0.25, 0.3) is 0 Å². The zero-order chi connectivity index (χ0) is 16.0. The van der Waals surface area contributed by atoms with Crippen molar-refractivity contribution in [3.63, 3.8) is 0 Å². The summed E-state index contributed by atoms with van der Waals surface area (Å²) in [4.78, 5) is -0.00784. The van der Waals surface area contributed by atoms with Crippen molar-refractivity contribution in [3.8, 4) is 0 Å². The van der Waals surface area contributed by atoms with Gasteiger partial charge in [-0.05, 0) is 30.7 Å². The normalized spacial score (nSPS) is 13.4. The number of hydrogen-bond acceptors (Lipinski definition) is 4. The molecule has 1 aromatic carbocycles. The van der Waals surface area contributed by atoms with Gasteiger partial charge in [0.1, 0.15) is 4.90 Å². The fourth-order valence-electron chi connectivity index (χ4n) is 1.81. The third-order valence-electron chi connectivity index (χ3n) is 2.81. The van der Waals surface area contributed by atoms with Crippen molar-refractivity contribution in [1.29, 1.82) is 0 Å². The lowest BCUT2D eigenvalue weighted by molar-refractivity contribution is 0.161. The number of sulfonamides is 1. The van der Waals surface area contributed by atoms with Gasteiger partial charge in [-0.25, -0.2) is 13.1 Å². The van der Waals surface area contributed by atoms with E-state index < -0.39 is 10.0 Å². The minimum atomic E-state index is -3.72. The van der Waals surface area contributed by atoms with Crippen molar-refractivity contribution in [3.05, 3.63) is 27.7 Å². The molecule has 1 atom stereocenters. The topological polar surface area (TPSA) is 67.4 Å². The Morgan fingerprint density at radius 2 is 2.00 bits per heavy atom. The zero-order valence-electron chi connectivity index (χ0n) is 12.2. The first-order chi connectivity index (χ1) is 9.81. The summed E-state index contributed by atoms with van der Waals surface area (Å²) in [7, 11) is -0.399. The molecule has 0 heterocycles. The highest BCUT2D eigenvalue weighted by atomic mass is 35.5. The Balaban J connectivity index is 3.02. The second-order valence-electron chi connectivity index (χ2n) is 4.82. The van der Waals surface area contributed by atoms with E-state index in [-0.39, 0.29) is 22.4 Å². The molecule has 0 saturated carbocycles. The van der Waals surface area contributed by atoms with Crippen molar-refractivity contribution in [2.24, 2.45) is 5.92 Å². The number of nitrogens with one attached hydrogen (secondary N) is 2. The Morgan fingerprint density at radius 1 is 1.33 bits per heavy atom. The van der Waals surface area contributed by atoms with Gasteiger partial charge in [-0.3, -0.25) is 0 Å². The SMILES string of the molecule is CNCc1cc(Cl)cc(S(=O)(=O)NCC(C)COC)c1Cl. The molecular weight excluding hydrogens is 335 g/mol. The molecule has 5 nitrogen and oxygen atoms in total. The van der Waals surface area contributed by atoms with E-state index in [0.29, 0.717) is 23.7 Å². The molecule has 0 amide bonds. The Bertz CT molecular complexity index is 579. The highest BCUT2D eigenvalue weighted by Crippen LogP contribution is 2.29. The molecule has 8 heteroatoms. The van der Waals surface area contributed by atoms with Crippen LogP contribution in [0.3, 0.4) is 0 Å². The molecule has 21 heavy (non-hydrogen) atoms. The van der Waals surface area contributed by atoms with Crippen LogP contribution < -0.4 is 10.0 Å². The Hall–Kier alpha value is -0.370. The maximum atomic E-state index is 12.4. The van der Waals surface area contributed by atoms with Crippen LogP contribution in [0.1, 0.15) is 12.5 Å². The zero-order valence-corrected chi connectivity index (χ0v) is 14.6. The highest BCUT2D eigenvalue weighted by molar-refractivity contribution is 7.89. The van der Waals surface area contributed by atoms with E-state index in [1.807, 2.05) is 6.92 Å². The number of ether oxygens (including phenoxy) is 1. The molecule has 0 radical (unpaired) electrons. The molecule has 120 valence electrons. The van der Waals surface area contributed by atoms with Crippen LogP contribution >= 0.6 is 23.2 Å². The van der Waals surface area contributed by atoms with Gasteiger partial charge in [0.25, 0.3) is 0 Å². The van der Waals surface area contributed by atoms with Gasteiger partial charge >= 0.3 is 0 Å². The van der Waals surface area contributed by atoms with E-state index in [9.17, 15) is 8.42 Å². The summed E-state index contributed by atoms with van der Waals surface area (Å²) in [5, 5.41) is 3.43. The monoisotopic (exact) mass is 354 g/mol. The molecule has 1 unspecified atom stereocenters. The number of benzene rings is 1. The summed E-state index contributed by atoms with van der Waals surface area (Å²) in [5.41, 5.74) is 0.636. The third-order valence-corrected chi connectivity index (χ3v) is 5.03. The minimum Gasteiger partial charge on any atom is -0.384 e. The van der Waals surface area contributed by atoms with Crippen molar-refractivity contribution >= 4 is 33.2 Å². The van der Waals surface area contributed by atoms with Crippen molar-refractivity contribution in [1.82, 2.24) is 10.0 Å². The standard InChI is InChI=1S/C13H20Cl2N2O3S/c1-9(8-20-3)6-17-21(18,19)12-5-11(14)4-10(7-16-2)13(12)15/h4-5,9,16-17H,6-8H2,1-3H3. The van der Waals surface area contributed by atoms with Gasteiger partial charge in [0.15, 0.2) is 0 Å². The van der Waals surface area contributed by atoms with Crippen LogP contribution in [0.4, 0.5) is 0 Å². The van der Waals surface area contributed by atoms with Gasteiger partial charge in [0.05, 0.1) is 5.02 Å². The van der Waals surface area contributed by atoms with Gasteiger partial charge in [-0.15, -0.1) is 0 Å². The van der Waals surface area contributed by atoms with Gasteiger partial charge in [0, 0.05) is 31.8 Å². The Kier molecular flexibility index (Phi) is 7.39. The first kappa shape index (κ1) is 18.7. The Labute approximate surface area is 136 Å². The lowest BCUT2D eigenvalue weighted by Crippen LogP contribution is -2.30. The largest absolute Gasteiger partial charge is 0.384 e. The van der Waals surface area contributed by atoms with Gasteiger partial charge in [-0.1, -0.05) is 30.1 Å². The molecule has 2 N–H and O–H groups in total. The van der Waals surface area contributed by atoms with Crippen molar-refractivity contribution < 1.29 is 13.2 Å². The molecule has 1 aromatic rings. The molecule has 0 fully saturated rings. The van der Waals surface area contributed by atoms with Crippen molar-refractivity contribution in [2.75, 3.05) is 27.3 Å². The minimum absolute atomic E-state index is 0.00784. The molecule has 0 aliphatic carbocycles. The Morgan fingerprint density at radius 3 is 2.57 bits per heavy atom. The summed E-state index contributed by atoms with van der Waals surface area (Å²) in [6.07, 6.45) is 0. The fourth-order valence-corrected chi connectivity index (χ4v) is 3.90. The van der Waals surface area contributed by atoms with Gasteiger partial charge in [0.2, 0.25) is 10.0 Å². The van der Waals surface area contributed by atoms with E-state index in [2.05, 4.69) is 10.0 Å². The van der Waals surface area contributed by atoms with Crippen LogP contribution in [0.2, 0.25) is 10.0 Å². The molecule has 0 spiro atoms. The predicted molar refractivity (Wildman–Crippen MR) is 85.5 cm³/mol. The molecule has 0 aliphatic rings. The summed E-state index contributed by atoms with van der Waals surface area (Å²) in [6.45, 7) is 3.05. The average Bonchev–Trinajstić information content (AvgIpc) is 2.41. The van der Waals surface area contributed by atoms with Crippen LogP contribution in [0.15, 0.2) is 17.0 Å². The van der Waals surface area contributed by atoms with Crippen LogP contribution in [0.5, 0.6) is 0 Å². The third kappa shape index (κ3) is 5.39. The second kappa shape index (κ2) is 8.31. The molecule has 0 saturated heterocycles. The maximum absolute atomic E-state index is 12.4. The second-order valence-corrected chi connectivity index (χ2v) is 7.37. The number of rotatable bonds is 8. The lowest BCUT2D eigenvalue weighted by atomic mass is 10.2. The summed E-state index contributed by atoms with van der Waals surface area (Å²) in [5.74, 6) is 0.0551. The first-order valence-electron chi connectivity index (χ1n) is 6.43. The van der Waals surface area contributed by atoms with E-state index in [1.54, 1.807) is 20.2 Å². The van der Waals surface area contributed by atoms with E-state index >= 15 is 0 Å². The smallest absolute Gasteiger partial charge is 0.242 e. The van der Waals surface area contributed by atoms with Crippen LogP contribution in [-0.4, -0.2) is 35.7 Å². The van der Waals surface area contributed by atoms with Gasteiger partial charge in [-0.2, -0.15) is 0 Å². The maximum Gasteiger partial charge on any atom is 0.242 e. The summed E-state index contributed by atoms with van der Waals surface area (Å²) in [6, 6.07) is 3.00. The number of methoxy groups -OCH3 is 1. The number of hydrogen-bond donors (Lipinski definition) is 2. The molecule has 1 rings (SSSR count). The average molecular weight is 355 g/mol. The van der Waals surface area contributed by atoms with E-state index in [1.165, 1.54) is 6.07 Å². The summed E-state index contributed by atoms with van der Waals surface area (Å²) >= 11 is 12.2. The van der Waals surface area contributed by atoms with E-state index in [0.717, 1.165) is 0 Å². The highest BCUT2D eigenvalue weighted by Gasteiger charge is 2.21. The summed E-state index contributed by atoms with van der Waals surface area (Å²) < 4.78 is 32.2. The lowest BCUT2D eigenvalue weighted by Gasteiger charge is -2.14. The molecule has 0 aliphatic heterocycles. The molecular formula is C13H20Cl2N2O3S. The number of halogens is 2. The van der Waals surface area contributed by atoms with Crippen LogP contribution in [-0.2, 0) is 21.3 Å².